The molecule has 0 N–H and O–H groups in total. The summed E-state index contributed by atoms with van der Waals surface area (Å²) in [5, 5.41) is 1.79. The first-order valence-electron chi connectivity index (χ1n) is 4.34. The largest absolute Gasteiger partial charge is 0.473 e. The van der Waals surface area contributed by atoms with E-state index >= 15 is 0 Å². The van der Waals surface area contributed by atoms with Crippen molar-refractivity contribution in [3.05, 3.63) is 37.2 Å². The van der Waals surface area contributed by atoms with E-state index in [4.69, 9.17) is 21.7 Å². The first kappa shape index (κ1) is 9.45. The van der Waals surface area contributed by atoms with E-state index in [0.29, 0.717) is 0 Å². The second kappa shape index (κ2) is 3.57. The zero-order valence-electron chi connectivity index (χ0n) is 7.94. The van der Waals surface area contributed by atoms with Gasteiger partial charge in [0.2, 0.25) is 0 Å². The standard InChI is InChI=1S/C12H8O2Si/c1-3-15(4-2,11-5-7-13-9-11)12-6-8-14-10-12/h1-2,5-10H. The Morgan fingerprint density at radius 1 is 0.933 bits per heavy atom. The molecular weight excluding hydrogens is 204 g/mol. The minimum absolute atomic E-state index is 0.897. The molecule has 0 atom stereocenters. The third kappa shape index (κ3) is 1.30. The van der Waals surface area contributed by atoms with Crippen LogP contribution < -0.4 is 10.4 Å². The molecule has 0 aliphatic heterocycles. The second-order valence-corrected chi connectivity index (χ2v) is 6.29. The fraction of sp³-hybridized carbons (Fsp3) is 0. The molecule has 3 heteroatoms. The highest BCUT2D eigenvalue weighted by Gasteiger charge is 2.36. The predicted octanol–water partition coefficient (Wildman–Crippen LogP) is 0.780. The predicted molar refractivity (Wildman–Crippen MR) is 60.1 cm³/mol. The molecule has 15 heavy (non-hydrogen) atoms. The van der Waals surface area contributed by atoms with Crippen molar-refractivity contribution in [1.29, 1.82) is 0 Å². The van der Waals surface area contributed by atoms with Gasteiger partial charge in [-0.2, -0.15) is 0 Å². The molecule has 0 aliphatic carbocycles. The summed E-state index contributed by atoms with van der Waals surface area (Å²) in [7, 11) is -2.52. The van der Waals surface area contributed by atoms with Gasteiger partial charge in [0.05, 0.1) is 25.1 Å². The van der Waals surface area contributed by atoms with E-state index in [1.165, 1.54) is 0 Å². The molecule has 2 aromatic heterocycles. The fourth-order valence-electron chi connectivity index (χ4n) is 1.50. The number of hydrogen-bond acceptors (Lipinski definition) is 2. The highest BCUT2D eigenvalue weighted by molar-refractivity contribution is 7.13. The van der Waals surface area contributed by atoms with E-state index in [1.54, 1.807) is 25.1 Å². The second-order valence-electron chi connectivity index (χ2n) is 3.06. The fourth-order valence-corrected chi connectivity index (χ4v) is 3.71. The number of furan rings is 2. The Morgan fingerprint density at radius 2 is 1.40 bits per heavy atom. The average Bonchev–Trinajstić information content (AvgIpc) is 2.92. The van der Waals surface area contributed by atoms with E-state index in [0.717, 1.165) is 10.4 Å². The maximum Gasteiger partial charge on any atom is 0.281 e. The minimum Gasteiger partial charge on any atom is -0.473 e. The molecule has 0 saturated carbocycles. The highest BCUT2D eigenvalue weighted by atomic mass is 28.3. The van der Waals surface area contributed by atoms with Crippen LogP contribution in [-0.4, -0.2) is 8.07 Å². The molecule has 2 nitrogen and oxygen atoms in total. The normalized spacial score (nSPS) is 10.5. The van der Waals surface area contributed by atoms with E-state index in [1.807, 2.05) is 12.1 Å². The molecule has 0 fully saturated rings. The Balaban J connectivity index is 2.63. The molecule has 72 valence electrons. The number of terminal acetylenes is 2. The lowest BCUT2D eigenvalue weighted by molar-refractivity contribution is 0.568. The molecule has 0 spiro atoms. The first-order valence-corrected chi connectivity index (χ1v) is 6.34. The summed E-state index contributed by atoms with van der Waals surface area (Å²) >= 11 is 0. The molecule has 0 aliphatic rings. The molecule has 2 rings (SSSR count). The summed E-state index contributed by atoms with van der Waals surface area (Å²) in [6.45, 7) is 0. The number of hydrogen-bond donors (Lipinski definition) is 0. The minimum atomic E-state index is -2.52. The number of rotatable bonds is 2. The highest BCUT2D eigenvalue weighted by Crippen LogP contribution is 2.04. The van der Waals surface area contributed by atoms with E-state index in [9.17, 15) is 0 Å². The van der Waals surface area contributed by atoms with E-state index in [2.05, 4.69) is 11.1 Å². The molecular formula is C12H8O2Si. The molecule has 0 aromatic carbocycles. The maximum atomic E-state index is 5.59. The lowest BCUT2D eigenvalue weighted by Gasteiger charge is -2.15. The lowest BCUT2D eigenvalue weighted by Crippen LogP contribution is -2.55. The molecule has 0 bridgehead atoms. The van der Waals surface area contributed by atoms with Crippen molar-refractivity contribution in [3.8, 4) is 23.9 Å². The lowest BCUT2D eigenvalue weighted by atomic mass is 10.6. The third-order valence-electron chi connectivity index (χ3n) is 2.34. The van der Waals surface area contributed by atoms with Crippen molar-refractivity contribution in [2.24, 2.45) is 0 Å². The molecule has 0 radical (unpaired) electrons. The van der Waals surface area contributed by atoms with Crippen LogP contribution in [0, 0.1) is 23.9 Å². The van der Waals surface area contributed by atoms with Gasteiger partial charge >= 0.3 is 0 Å². The zero-order valence-corrected chi connectivity index (χ0v) is 8.94. The molecule has 2 aromatic rings. The SMILES string of the molecule is C#C[Si](C#C)(c1ccoc1)c1ccoc1. The summed E-state index contributed by atoms with van der Waals surface area (Å²) in [4.78, 5) is 0. The summed E-state index contributed by atoms with van der Waals surface area (Å²) in [5.74, 6) is 0. The Bertz CT molecular complexity index is 459. The average molecular weight is 212 g/mol. The molecule has 0 amide bonds. The van der Waals surface area contributed by atoms with Crippen molar-refractivity contribution >= 4 is 18.4 Å². The van der Waals surface area contributed by atoms with Crippen LogP contribution in [0.25, 0.3) is 0 Å². The summed E-state index contributed by atoms with van der Waals surface area (Å²) < 4.78 is 10.1. The smallest absolute Gasteiger partial charge is 0.281 e. The van der Waals surface area contributed by atoms with Crippen LogP contribution in [0.15, 0.2) is 46.0 Å². The molecule has 0 saturated heterocycles. The van der Waals surface area contributed by atoms with Crippen LogP contribution in [0.3, 0.4) is 0 Å². The van der Waals surface area contributed by atoms with Crippen LogP contribution in [0.4, 0.5) is 0 Å². The monoisotopic (exact) mass is 212 g/mol. The summed E-state index contributed by atoms with van der Waals surface area (Å²) in [6.07, 6.45) is 17.5. The summed E-state index contributed by atoms with van der Waals surface area (Å²) in [6, 6.07) is 3.64. The Labute approximate surface area is 88.9 Å². The van der Waals surface area contributed by atoms with Gasteiger partial charge < -0.3 is 8.83 Å². The van der Waals surface area contributed by atoms with Crippen molar-refractivity contribution in [3.63, 3.8) is 0 Å². The maximum absolute atomic E-state index is 5.59. The van der Waals surface area contributed by atoms with Gasteiger partial charge in [-0.1, -0.05) is 0 Å². The van der Waals surface area contributed by atoms with Crippen LogP contribution in [0.2, 0.25) is 0 Å². The van der Waals surface area contributed by atoms with Crippen LogP contribution in [0.5, 0.6) is 0 Å². The van der Waals surface area contributed by atoms with Gasteiger partial charge in [-0.3, -0.25) is 0 Å². The topological polar surface area (TPSA) is 26.3 Å². The van der Waals surface area contributed by atoms with Gasteiger partial charge in [-0.05, 0) is 12.1 Å². The van der Waals surface area contributed by atoms with Crippen molar-refractivity contribution in [2.45, 2.75) is 0 Å². The Kier molecular flexibility index (Phi) is 2.25. The van der Waals surface area contributed by atoms with Gasteiger partial charge in [0.15, 0.2) is 0 Å². The van der Waals surface area contributed by atoms with Crippen LogP contribution >= 0.6 is 0 Å². The van der Waals surface area contributed by atoms with E-state index < -0.39 is 8.07 Å². The van der Waals surface area contributed by atoms with Crippen LogP contribution in [-0.2, 0) is 0 Å². The van der Waals surface area contributed by atoms with Crippen molar-refractivity contribution < 1.29 is 8.83 Å². The quantitative estimate of drug-likeness (QED) is 0.543. The third-order valence-corrected chi connectivity index (χ3v) is 5.51. The molecule has 0 unspecified atom stereocenters. The molecule has 2 heterocycles. The Hall–Kier alpha value is -2.10. The Morgan fingerprint density at radius 3 is 1.67 bits per heavy atom. The van der Waals surface area contributed by atoms with Gasteiger partial charge in [-0.25, -0.2) is 0 Å². The first-order chi connectivity index (χ1) is 7.33. The van der Waals surface area contributed by atoms with Gasteiger partial charge in [0, 0.05) is 10.4 Å². The van der Waals surface area contributed by atoms with Crippen LogP contribution in [0.1, 0.15) is 0 Å². The van der Waals surface area contributed by atoms with Crippen molar-refractivity contribution in [1.82, 2.24) is 0 Å². The summed E-state index contributed by atoms with van der Waals surface area (Å²) in [5.41, 5.74) is 5.51. The van der Waals surface area contributed by atoms with E-state index in [-0.39, 0.29) is 0 Å². The van der Waals surface area contributed by atoms with Gasteiger partial charge in [-0.15, -0.1) is 23.9 Å². The zero-order chi connectivity index (χ0) is 10.7. The van der Waals surface area contributed by atoms with Gasteiger partial charge in [0.1, 0.15) is 0 Å². The van der Waals surface area contributed by atoms with Crippen molar-refractivity contribution in [2.75, 3.05) is 0 Å². The van der Waals surface area contributed by atoms with Gasteiger partial charge in [0.25, 0.3) is 8.07 Å².